The Bertz CT molecular complexity index is 474. The molecule has 1 aromatic rings. The number of hydrogen-bond acceptors (Lipinski definition) is 3. The number of aliphatic hydroxyl groups excluding tert-OH is 1. The van der Waals surface area contributed by atoms with Crippen molar-refractivity contribution in [2.45, 2.75) is 44.9 Å². The first-order valence-corrected chi connectivity index (χ1v) is 8.37. The lowest BCUT2D eigenvalue weighted by molar-refractivity contribution is 0.136. The van der Waals surface area contributed by atoms with Crippen molar-refractivity contribution in [3.63, 3.8) is 0 Å². The van der Waals surface area contributed by atoms with E-state index in [4.69, 9.17) is 0 Å². The summed E-state index contributed by atoms with van der Waals surface area (Å²) >= 11 is 3.70. The molecule has 2 fully saturated rings. The summed E-state index contributed by atoms with van der Waals surface area (Å²) in [5.41, 5.74) is 2.59. The van der Waals surface area contributed by atoms with Crippen LogP contribution in [0.2, 0.25) is 0 Å². The number of aliphatic hydroxyl groups is 1. The number of nitrogens with one attached hydrogen (secondary N) is 1. The number of anilines is 1. The van der Waals surface area contributed by atoms with E-state index in [1.807, 2.05) is 6.92 Å². The predicted molar refractivity (Wildman–Crippen MR) is 86.0 cm³/mol. The van der Waals surface area contributed by atoms with E-state index in [-0.39, 0.29) is 6.10 Å². The van der Waals surface area contributed by atoms with Crippen LogP contribution in [0, 0.1) is 5.92 Å². The van der Waals surface area contributed by atoms with Gasteiger partial charge in [-0.15, -0.1) is 0 Å². The largest absolute Gasteiger partial charge is 0.393 e. The predicted octanol–water partition coefficient (Wildman–Crippen LogP) is 2.91. The van der Waals surface area contributed by atoms with E-state index in [2.05, 4.69) is 44.3 Å². The van der Waals surface area contributed by atoms with E-state index >= 15 is 0 Å². The molecule has 1 aliphatic carbocycles. The number of nitrogens with zero attached hydrogens (tertiary/aromatic N) is 1. The standard InChI is InChI=1S/C16H23BrN2O/c1-11(20)13-6-7-19(10-13)16-5-2-12(8-15(16)17)9-18-14-3-4-14/h2,5,8,11,13-14,18,20H,3-4,6-7,9-10H2,1H3. The lowest BCUT2D eigenvalue weighted by atomic mass is 10.0. The molecule has 2 aliphatic rings. The summed E-state index contributed by atoms with van der Waals surface area (Å²) in [5.74, 6) is 0.401. The molecule has 1 aliphatic heterocycles. The van der Waals surface area contributed by atoms with Gasteiger partial charge in [0.2, 0.25) is 0 Å². The second kappa shape index (κ2) is 6.04. The van der Waals surface area contributed by atoms with Gasteiger partial charge in [0.05, 0.1) is 11.8 Å². The minimum atomic E-state index is -0.208. The van der Waals surface area contributed by atoms with Gasteiger partial charge in [0.15, 0.2) is 0 Å². The van der Waals surface area contributed by atoms with Crippen molar-refractivity contribution in [3.8, 4) is 0 Å². The monoisotopic (exact) mass is 338 g/mol. The molecule has 0 radical (unpaired) electrons. The highest BCUT2D eigenvalue weighted by molar-refractivity contribution is 9.10. The molecule has 2 N–H and O–H groups in total. The second-order valence-electron chi connectivity index (χ2n) is 6.18. The first kappa shape index (κ1) is 14.4. The summed E-state index contributed by atoms with van der Waals surface area (Å²) in [6.45, 7) is 4.85. The molecule has 3 nitrogen and oxygen atoms in total. The van der Waals surface area contributed by atoms with Crippen LogP contribution in [0.4, 0.5) is 5.69 Å². The molecule has 0 amide bonds. The maximum absolute atomic E-state index is 9.71. The Labute approximate surface area is 129 Å². The molecule has 1 heterocycles. The summed E-state index contributed by atoms with van der Waals surface area (Å²) in [4.78, 5) is 2.37. The van der Waals surface area contributed by atoms with Gasteiger partial charge in [0, 0.05) is 36.1 Å². The van der Waals surface area contributed by atoms with Gasteiger partial charge < -0.3 is 15.3 Å². The van der Waals surface area contributed by atoms with E-state index in [0.29, 0.717) is 5.92 Å². The Hall–Kier alpha value is -0.580. The highest BCUT2D eigenvalue weighted by Gasteiger charge is 2.27. The minimum absolute atomic E-state index is 0.208. The first-order valence-electron chi connectivity index (χ1n) is 7.58. The lowest BCUT2D eigenvalue weighted by Crippen LogP contribution is -2.24. The maximum Gasteiger partial charge on any atom is 0.0557 e. The molecule has 4 heteroatoms. The fourth-order valence-electron chi connectivity index (χ4n) is 2.87. The molecule has 1 saturated carbocycles. The van der Waals surface area contributed by atoms with Crippen LogP contribution >= 0.6 is 15.9 Å². The van der Waals surface area contributed by atoms with E-state index in [1.54, 1.807) is 0 Å². The zero-order valence-electron chi connectivity index (χ0n) is 12.0. The smallest absolute Gasteiger partial charge is 0.0557 e. The third kappa shape index (κ3) is 3.35. The summed E-state index contributed by atoms with van der Waals surface area (Å²) in [6, 6.07) is 7.39. The van der Waals surface area contributed by atoms with Crippen molar-refractivity contribution in [1.29, 1.82) is 0 Å². The van der Waals surface area contributed by atoms with Crippen molar-refractivity contribution in [1.82, 2.24) is 5.32 Å². The molecular formula is C16H23BrN2O. The topological polar surface area (TPSA) is 35.5 Å². The molecule has 1 aromatic carbocycles. The third-order valence-electron chi connectivity index (χ3n) is 4.43. The van der Waals surface area contributed by atoms with Crippen molar-refractivity contribution in [2.75, 3.05) is 18.0 Å². The van der Waals surface area contributed by atoms with Crippen LogP contribution < -0.4 is 10.2 Å². The maximum atomic E-state index is 9.71. The van der Waals surface area contributed by atoms with E-state index in [1.165, 1.54) is 28.6 Å². The molecule has 20 heavy (non-hydrogen) atoms. The van der Waals surface area contributed by atoms with Gasteiger partial charge >= 0.3 is 0 Å². The fraction of sp³-hybridized carbons (Fsp3) is 0.625. The minimum Gasteiger partial charge on any atom is -0.393 e. The Morgan fingerprint density at radius 2 is 2.20 bits per heavy atom. The van der Waals surface area contributed by atoms with Crippen molar-refractivity contribution >= 4 is 21.6 Å². The summed E-state index contributed by atoms with van der Waals surface area (Å²) in [7, 11) is 0. The summed E-state index contributed by atoms with van der Waals surface area (Å²) in [5, 5.41) is 13.3. The molecule has 2 atom stereocenters. The van der Waals surface area contributed by atoms with E-state index in [9.17, 15) is 5.11 Å². The zero-order valence-corrected chi connectivity index (χ0v) is 13.6. The summed E-state index contributed by atoms with van der Waals surface area (Å²) < 4.78 is 1.17. The Balaban J connectivity index is 1.64. The van der Waals surface area contributed by atoms with Crippen molar-refractivity contribution in [2.24, 2.45) is 5.92 Å². The van der Waals surface area contributed by atoms with Gasteiger partial charge in [-0.05, 0) is 59.8 Å². The number of benzene rings is 1. The lowest BCUT2D eigenvalue weighted by Gasteiger charge is -2.21. The third-order valence-corrected chi connectivity index (χ3v) is 5.07. The molecule has 1 saturated heterocycles. The normalized spacial score (nSPS) is 24.1. The van der Waals surface area contributed by atoms with Gasteiger partial charge in [-0.25, -0.2) is 0 Å². The molecule has 0 spiro atoms. The van der Waals surface area contributed by atoms with Gasteiger partial charge in [0.1, 0.15) is 0 Å². The first-order chi connectivity index (χ1) is 9.63. The Morgan fingerprint density at radius 3 is 2.80 bits per heavy atom. The average Bonchev–Trinajstić information content (AvgIpc) is 3.11. The Morgan fingerprint density at radius 1 is 1.40 bits per heavy atom. The van der Waals surface area contributed by atoms with Crippen LogP contribution in [0.15, 0.2) is 22.7 Å². The van der Waals surface area contributed by atoms with Crippen molar-refractivity contribution in [3.05, 3.63) is 28.2 Å². The van der Waals surface area contributed by atoms with Gasteiger partial charge in [-0.3, -0.25) is 0 Å². The Kier molecular flexibility index (Phi) is 4.34. The highest BCUT2D eigenvalue weighted by Crippen LogP contribution is 2.32. The molecule has 3 rings (SSSR count). The molecule has 110 valence electrons. The van der Waals surface area contributed by atoms with Crippen LogP contribution in [0.5, 0.6) is 0 Å². The number of rotatable bonds is 5. The van der Waals surface area contributed by atoms with Crippen LogP contribution in [0.25, 0.3) is 0 Å². The van der Waals surface area contributed by atoms with Gasteiger partial charge in [0.25, 0.3) is 0 Å². The van der Waals surface area contributed by atoms with Crippen LogP contribution in [-0.4, -0.2) is 30.3 Å². The van der Waals surface area contributed by atoms with Crippen molar-refractivity contribution < 1.29 is 5.11 Å². The van der Waals surface area contributed by atoms with Gasteiger partial charge in [-0.2, -0.15) is 0 Å². The SMILES string of the molecule is CC(O)C1CCN(c2ccc(CNC3CC3)cc2Br)C1. The highest BCUT2D eigenvalue weighted by atomic mass is 79.9. The van der Waals surface area contributed by atoms with Crippen LogP contribution in [0.1, 0.15) is 31.7 Å². The average molecular weight is 339 g/mol. The summed E-state index contributed by atoms with van der Waals surface area (Å²) in [6.07, 6.45) is 3.53. The number of halogens is 1. The zero-order chi connectivity index (χ0) is 14.1. The molecule has 0 aromatic heterocycles. The molecular weight excluding hydrogens is 316 g/mol. The molecule has 2 unspecified atom stereocenters. The fourth-order valence-corrected chi connectivity index (χ4v) is 3.54. The second-order valence-corrected chi connectivity index (χ2v) is 7.03. The van der Waals surface area contributed by atoms with Crippen LogP contribution in [0.3, 0.4) is 0 Å². The van der Waals surface area contributed by atoms with Gasteiger partial charge in [-0.1, -0.05) is 6.07 Å². The number of hydrogen-bond donors (Lipinski definition) is 2. The quantitative estimate of drug-likeness (QED) is 0.866. The molecule has 0 bridgehead atoms. The van der Waals surface area contributed by atoms with Crippen LogP contribution in [-0.2, 0) is 6.54 Å². The van der Waals surface area contributed by atoms with E-state index < -0.39 is 0 Å². The van der Waals surface area contributed by atoms with E-state index in [0.717, 1.165) is 32.1 Å².